The monoisotopic (exact) mass is 286 g/mol. The molecule has 0 spiro atoms. The van der Waals surface area contributed by atoms with E-state index < -0.39 is 0 Å². The van der Waals surface area contributed by atoms with Crippen LogP contribution in [0.4, 0.5) is 0 Å². The van der Waals surface area contributed by atoms with Crippen molar-refractivity contribution in [2.75, 3.05) is 32.6 Å². The van der Waals surface area contributed by atoms with Crippen LogP contribution in [0.1, 0.15) is 32.6 Å². The molecule has 1 aliphatic rings. The van der Waals surface area contributed by atoms with Crippen LogP contribution in [-0.4, -0.2) is 49.4 Å². The highest BCUT2D eigenvalue weighted by Gasteiger charge is 2.42. The Morgan fingerprint density at radius 3 is 2.37 bits per heavy atom. The van der Waals surface area contributed by atoms with Gasteiger partial charge in [0.05, 0.1) is 5.41 Å². The first-order chi connectivity index (χ1) is 8.93. The molecule has 0 saturated heterocycles. The second-order valence-corrected chi connectivity index (χ2v) is 6.67. The SMILES string of the molecule is CSC[C@H](C)C(=O)NCC1(C(=O)N(C)C)CCCC1. The van der Waals surface area contributed by atoms with Crippen molar-refractivity contribution < 1.29 is 9.59 Å². The molecule has 2 amide bonds. The molecule has 0 aliphatic heterocycles. The number of rotatable bonds is 6. The average Bonchev–Trinajstić information content (AvgIpc) is 2.85. The molecular formula is C14H26N2O2S. The topological polar surface area (TPSA) is 49.4 Å². The van der Waals surface area contributed by atoms with Crippen LogP contribution in [0.2, 0.25) is 0 Å². The second kappa shape index (κ2) is 7.17. The van der Waals surface area contributed by atoms with E-state index in [-0.39, 0.29) is 23.1 Å². The van der Waals surface area contributed by atoms with Gasteiger partial charge in [0.2, 0.25) is 11.8 Å². The Labute approximate surface area is 120 Å². The summed E-state index contributed by atoms with van der Waals surface area (Å²) in [6.07, 6.45) is 5.94. The van der Waals surface area contributed by atoms with Crippen molar-refractivity contribution in [3.05, 3.63) is 0 Å². The zero-order valence-corrected chi connectivity index (χ0v) is 13.3. The zero-order valence-electron chi connectivity index (χ0n) is 12.5. The van der Waals surface area contributed by atoms with Crippen molar-refractivity contribution in [1.82, 2.24) is 10.2 Å². The van der Waals surface area contributed by atoms with E-state index in [9.17, 15) is 9.59 Å². The molecule has 1 saturated carbocycles. The lowest BCUT2D eigenvalue weighted by Gasteiger charge is -2.31. The van der Waals surface area contributed by atoms with Gasteiger partial charge < -0.3 is 10.2 Å². The minimum Gasteiger partial charge on any atom is -0.355 e. The highest BCUT2D eigenvalue weighted by Crippen LogP contribution is 2.38. The maximum atomic E-state index is 12.3. The van der Waals surface area contributed by atoms with Gasteiger partial charge in [0, 0.05) is 32.3 Å². The van der Waals surface area contributed by atoms with Crippen LogP contribution >= 0.6 is 11.8 Å². The van der Waals surface area contributed by atoms with Gasteiger partial charge in [0.15, 0.2) is 0 Å². The fourth-order valence-electron chi connectivity index (χ4n) is 2.75. The molecule has 1 rings (SSSR count). The number of hydrogen-bond acceptors (Lipinski definition) is 3. The van der Waals surface area contributed by atoms with Crippen molar-refractivity contribution in [2.45, 2.75) is 32.6 Å². The fourth-order valence-corrected chi connectivity index (χ4v) is 3.40. The van der Waals surface area contributed by atoms with Gasteiger partial charge in [0.25, 0.3) is 0 Å². The van der Waals surface area contributed by atoms with Crippen LogP contribution in [0.5, 0.6) is 0 Å². The van der Waals surface area contributed by atoms with Crippen LogP contribution in [0.15, 0.2) is 0 Å². The van der Waals surface area contributed by atoms with Crippen molar-refractivity contribution in [2.24, 2.45) is 11.3 Å². The fraction of sp³-hybridized carbons (Fsp3) is 0.857. The van der Waals surface area contributed by atoms with E-state index in [1.165, 1.54) is 0 Å². The number of carbonyl (C=O) groups excluding carboxylic acids is 2. The molecule has 0 unspecified atom stereocenters. The number of hydrogen-bond donors (Lipinski definition) is 1. The molecule has 1 atom stereocenters. The summed E-state index contributed by atoms with van der Waals surface area (Å²) in [5.74, 6) is 1.04. The summed E-state index contributed by atoms with van der Waals surface area (Å²) < 4.78 is 0. The molecule has 1 fully saturated rings. The molecule has 1 N–H and O–H groups in total. The van der Waals surface area contributed by atoms with Crippen molar-refractivity contribution in [3.63, 3.8) is 0 Å². The van der Waals surface area contributed by atoms with Gasteiger partial charge in [0.1, 0.15) is 0 Å². The van der Waals surface area contributed by atoms with Crippen LogP contribution in [0, 0.1) is 11.3 Å². The summed E-state index contributed by atoms with van der Waals surface area (Å²) in [6, 6.07) is 0. The Hall–Kier alpha value is -0.710. The van der Waals surface area contributed by atoms with E-state index in [0.29, 0.717) is 6.54 Å². The Morgan fingerprint density at radius 1 is 1.32 bits per heavy atom. The van der Waals surface area contributed by atoms with Crippen LogP contribution in [-0.2, 0) is 9.59 Å². The van der Waals surface area contributed by atoms with Crippen LogP contribution in [0.25, 0.3) is 0 Å². The molecule has 0 aromatic carbocycles. The van der Waals surface area contributed by atoms with Gasteiger partial charge in [-0.25, -0.2) is 0 Å². The molecule has 0 aromatic rings. The maximum absolute atomic E-state index is 12.3. The van der Waals surface area contributed by atoms with E-state index in [4.69, 9.17) is 0 Å². The van der Waals surface area contributed by atoms with E-state index in [0.717, 1.165) is 31.4 Å². The molecule has 5 heteroatoms. The van der Waals surface area contributed by atoms with Crippen LogP contribution < -0.4 is 5.32 Å². The molecule has 0 heterocycles. The van der Waals surface area contributed by atoms with E-state index >= 15 is 0 Å². The molecule has 4 nitrogen and oxygen atoms in total. The Bertz CT molecular complexity index is 325. The largest absolute Gasteiger partial charge is 0.355 e. The van der Waals surface area contributed by atoms with Crippen LogP contribution in [0.3, 0.4) is 0 Å². The molecular weight excluding hydrogens is 260 g/mol. The third-order valence-electron chi connectivity index (χ3n) is 3.89. The number of amides is 2. The highest BCUT2D eigenvalue weighted by atomic mass is 32.2. The minimum absolute atomic E-state index is 0.00270. The van der Waals surface area contributed by atoms with Gasteiger partial charge in [-0.1, -0.05) is 19.8 Å². The molecule has 0 radical (unpaired) electrons. The van der Waals surface area contributed by atoms with Crippen molar-refractivity contribution in [3.8, 4) is 0 Å². The summed E-state index contributed by atoms with van der Waals surface area (Å²) >= 11 is 1.67. The number of thioether (sulfide) groups is 1. The van der Waals surface area contributed by atoms with Crippen molar-refractivity contribution >= 4 is 23.6 Å². The zero-order chi connectivity index (χ0) is 14.5. The lowest BCUT2D eigenvalue weighted by Crippen LogP contribution is -2.47. The molecule has 110 valence electrons. The summed E-state index contributed by atoms with van der Waals surface area (Å²) in [7, 11) is 3.58. The maximum Gasteiger partial charge on any atom is 0.230 e. The van der Waals surface area contributed by atoms with Gasteiger partial charge in [-0.3, -0.25) is 9.59 Å². The van der Waals surface area contributed by atoms with E-state index in [2.05, 4.69) is 5.32 Å². The number of nitrogens with zero attached hydrogens (tertiary/aromatic N) is 1. The second-order valence-electron chi connectivity index (χ2n) is 5.76. The van der Waals surface area contributed by atoms with Gasteiger partial charge in [-0.2, -0.15) is 11.8 Å². The lowest BCUT2D eigenvalue weighted by atomic mass is 9.84. The Morgan fingerprint density at radius 2 is 1.89 bits per heavy atom. The molecule has 19 heavy (non-hydrogen) atoms. The Balaban J connectivity index is 2.60. The number of nitrogens with one attached hydrogen (secondary N) is 1. The third-order valence-corrected chi connectivity index (χ3v) is 4.72. The highest BCUT2D eigenvalue weighted by molar-refractivity contribution is 7.98. The third kappa shape index (κ3) is 4.13. The van der Waals surface area contributed by atoms with Gasteiger partial charge >= 0.3 is 0 Å². The predicted octanol–water partition coefficient (Wildman–Crippen LogP) is 1.75. The predicted molar refractivity (Wildman–Crippen MR) is 80.2 cm³/mol. The molecule has 0 aromatic heterocycles. The normalized spacial score (nSPS) is 18.9. The Kier molecular flexibility index (Phi) is 6.17. The first-order valence-electron chi connectivity index (χ1n) is 6.91. The first kappa shape index (κ1) is 16.3. The standard InChI is InChI=1S/C14H26N2O2S/c1-11(9-19-4)12(17)15-10-14(7-5-6-8-14)13(18)16(2)3/h11H,5-10H2,1-4H3,(H,15,17)/t11-/m0/s1. The number of carbonyl (C=O) groups is 2. The van der Waals surface area contributed by atoms with E-state index in [1.807, 2.05) is 13.2 Å². The molecule has 1 aliphatic carbocycles. The smallest absolute Gasteiger partial charge is 0.230 e. The van der Waals surface area contributed by atoms with Gasteiger partial charge in [-0.05, 0) is 19.1 Å². The lowest BCUT2D eigenvalue weighted by molar-refractivity contribution is -0.139. The first-order valence-corrected chi connectivity index (χ1v) is 8.31. The summed E-state index contributed by atoms with van der Waals surface area (Å²) in [5, 5.41) is 2.99. The summed E-state index contributed by atoms with van der Waals surface area (Å²) in [5.41, 5.74) is -0.363. The molecule has 0 bridgehead atoms. The van der Waals surface area contributed by atoms with Crippen molar-refractivity contribution in [1.29, 1.82) is 0 Å². The minimum atomic E-state index is -0.363. The van der Waals surface area contributed by atoms with E-state index in [1.54, 1.807) is 30.8 Å². The average molecular weight is 286 g/mol. The summed E-state index contributed by atoms with van der Waals surface area (Å²) in [4.78, 5) is 26.0. The quantitative estimate of drug-likeness (QED) is 0.809. The van der Waals surface area contributed by atoms with Gasteiger partial charge in [-0.15, -0.1) is 0 Å². The summed E-state index contributed by atoms with van der Waals surface area (Å²) in [6.45, 7) is 2.42.